The smallest absolute Gasteiger partial charge is 0.127 e. The summed E-state index contributed by atoms with van der Waals surface area (Å²) in [5.41, 5.74) is 0.927. The number of methoxy groups -OCH3 is 1. The maximum atomic E-state index is 6.12. The third-order valence-electron chi connectivity index (χ3n) is 2.31. The Morgan fingerprint density at radius 1 is 1.50 bits per heavy atom. The van der Waals surface area contributed by atoms with Gasteiger partial charge in [0.15, 0.2) is 0 Å². The molecule has 0 spiro atoms. The molecule has 0 aliphatic carbocycles. The monoisotopic (exact) mass is 239 g/mol. The quantitative estimate of drug-likeness (QED) is 0.851. The molecule has 0 bridgehead atoms. The fraction of sp³-hybridized carbons (Fsp3) is 0.385. The van der Waals surface area contributed by atoms with E-state index in [1.54, 1.807) is 7.11 Å². The van der Waals surface area contributed by atoms with Crippen LogP contribution in [-0.4, -0.2) is 19.7 Å². The molecule has 0 saturated heterocycles. The zero-order valence-corrected chi connectivity index (χ0v) is 10.7. The fourth-order valence-electron chi connectivity index (χ4n) is 1.49. The van der Waals surface area contributed by atoms with Crippen molar-refractivity contribution in [3.63, 3.8) is 0 Å². The summed E-state index contributed by atoms with van der Waals surface area (Å²) in [6.07, 6.45) is 4.07. The van der Waals surface area contributed by atoms with E-state index in [1.165, 1.54) is 0 Å². The lowest BCUT2D eigenvalue weighted by molar-refractivity contribution is 0.414. The standard InChI is InChI=1S/C13H18ClNO/c1-4-15-10(2)8-9-11-12(14)6-5-7-13(11)16-3/h5-10,15H,4H2,1-3H3/b9-8+. The minimum atomic E-state index is 0.325. The van der Waals surface area contributed by atoms with Gasteiger partial charge in [-0.1, -0.05) is 36.7 Å². The molecule has 0 saturated carbocycles. The number of hydrogen-bond acceptors (Lipinski definition) is 2. The Labute approximate surface area is 102 Å². The van der Waals surface area contributed by atoms with Gasteiger partial charge in [0.2, 0.25) is 0 Å². The summed E-state index contributed by atoms with van der Waals surface area (Å²) in [6.45, 7) is 5.13. The van der Waals surface area contributed by atoms with Crippen LogP contribution in [0.3, 0.4) is 0 Å². The number of halogens is 1. The molecule has 2 nitrogen and oxygen atoms in total. The van der Waals surface area contributed by atoms with E-state index in [2.05, 4.69) is 25.2 Å². The average molecular weight is 240 g/mol. The lowest BCUT2D eigenvalue weighted by Crippen LogP contribution is -2.22. The van der Waals surface area contributed by atoms with Gasteiger partial charge in [-0.3, -0.25) is 0 Å². The van der Waals surface area contributed by atoms with Crippen LogP contribution in [0.1, 0.15) is 19.4 Å². The second-order valence-electron chi connectivity index (χ2n) is 3.56. The highest BCUT2D eigenvalue weighted by atomic mass is 35.5. The van der Waals surface area contributed by atoms with Gasteiger partial charge in [0.05, 0.1) is 12.1 Å². The van der Waals surface area contributed by atoms with Crippen LogP contribution in [0.15, 0.2) is 24.3 Å². The molecule has 88 valence electrons. The molecular formula is C13H18ClNO. The number of hydrogen-bond donors (Lipinski definition) is 1. The summed E-state index contributed by atoms with van der Waals surface area (Å²) < 4.78 is 5.26. The Bertz CT molecular complexity index is 363. The van der Waals surface area contributed by atoms with E-state index in [0.717, 1.165) is 17.9 Å². The second kappa shape index (κ2) is 6.56. The van der Waals surface area contributed by atoms with E-state index in [4.69, 9.17) is 16.3 Å². The number of nitrogens with one attached hydrogen (secondary N) is 1. The van der Waals surface area contributed by atoms with Gasteiger partial charge in [0.1, 0.15) is 5.75 Å². The molecule has 0 aliphatic rings. The Hall–Kier alpha value is -0.990. The highest BCUT2D eigenvalue weighted by Crippen LogP contribution is 2.27. The van der Waals surface area contributed by atoms with Crippen molar-refractivity contribution in [1.82, 2.24) is 5.32 Å². The molecule has 1 rings (SSSR count). The third kappa shape index (κ3) is 3.54. The molecule has 1 unspecified atom stereocenters. The first-order chi connectivity index (χ1) is 7.69. The molecular weight excluding hydrogens is 222 g/mol. The first-order valence-corrected chi connectivity index (χ1v) is 5.81. The lowest BCUT2D eigenvalue weighted by atomic mass is 10.1. The second-order valence-corrected chi connectivity index (χ2v) is 3.97. The molecule has 0 aliphatic heterocycles. The summed E-state index contributed by atoms with van der Waals surface area (Å²) in [7, 11) is 1.65. The molecule has 0 heterocycles. The number of ether oxygens (including phenoxy) is 1. The van der Waals surface area contributed by atoms with Crippen molar-refractivity contribution in [3.05, 3.63) is 34.9 Å². The number of rotatable bonds is 5. The Kier molecular flexibility index (Phi) is 5.36. The van der Waals surface area contributed by atoms with Gasteiger partial charge in [0.25, 0.3) is 0 Å². The van der Waals surface area contributed by atoms with Gasteiger partial charge in [0, 0.05) is 11.6 Å². The molecule has 1 atom stereocenters. The molecule has 16 heavy (non-hydrogen) atoms. The predicted molar refractivity (Wildman–Crippen MR) is 70.2 cm³/mol. The van der Waals surface area contributed by atoms with E-state index < -0.39 is 0 Å². The topological polar surface area (TPSA) is 21.3 Å². The third-order valence-corrected chi connectivity index (χ3v) is 2.64. The predicted octanol–water partition coefficient (Wildman–Crippen LogP) is 3.36. The Morgan fingerprint density at radius 2 is 2.25 bits per heavy atom. The molecule has 0 radical (unpaired) electrons. The largest absolute Gasteiger partial charge is 0.496 e. The Morgan fingerprint density at radius 3 is 2.88 bits per heavy atom. The van der Waals surface area contributed by atoms with Crippen LogP contribution in [0, 0.1) is 0 Å². The van der Waals surface area contributed by atoms with Crippen molar-refractivity contribution in [3.8, 4) is 5.75 Å². The van der Waals surface area contributed by atoms with E-state index in [-0.39, 0.29) is 0 Å². The van der Waals surface area contributed by atoms with Crippen molar-refractivity contribution in [2.75, 3.05) is 13.7 Å². The van der Waals surface area contributed by atoms with Crippen LogP contribution < -0.4 is 10.1 Å². The zero-order chi connectivity index (χ0) is 12.0. The molecule has 0 amide bonds. The molecule has 1 aromatic carbocycles. The minimum Gasteiger partial charge on any atom is -0.496 e. The van der Waals surface area contributed by atoms with E-state index >= 15 is 0 Å². The first kappa shape index (κ1) is 13.1. The summed E-state index contributed by atoms with van der Waals surface area (Å²) in [5, 5.41) is 4.01. The summed E-state index contributed by atoms with van der Waals surface area (Å²) >= 11 is 6.12. The van der Waals surface area contributed by atoms with Crippen molar-refractivity contribution in [2.45, 2.75) is 19.9 Å². The van der Waals surface area contributed by atoms with Gasteiger partial charge in [-0.15, -0.1) is 0 Å². The number of likely N-dealkylation sites (N-methyl/N-ethyl adjacent to an activating group) is 1. The fourth-order valence-corrected chi connectivity index (χ4v) is 1.72. The van der Waals surface area contributed by atoms with Gasteiger partial charge in [-0.25, -0.2) is 0 Å². The SMILES string of the molecule is CCNC(C)/C=C/c1c(Cl)cccc1OC. The van der Waals surface area contributed by atoms with Crippen molar-refractivity contribution in [2.24, 2.45) is 0 Å². The van der Waals surface area contributed by atoms with E-state index in [1.807, 2.05) is 24.3 Å². The normalized spacial score (nSPS) is 13.0. The van der Waals surface area contributed by atoms with Crippen LogP contribution in [0.4, 0.5) is 0 Å². The van der Waals surface area contributed by atoms with E-state index in [9.17, 15) is 0 Å². The highest BCUT2D eigenvalue weighted by molar-refractivity contribution is 6.32. The molecule has 0 fully saturated rings. The molecule has 1 N–H and O–H groups in total. The zero-order valence-electron chi connectivity index (χ0n) is 9.96. The number of benzene rings is 1. The maximum absolute atomic E-state index is 6.12. The van der Waals surface area contributed by atoms with Gasteiger partial charge in [-0.05, 0) is 25.6 Å². The van der Waals surface area contributed by atoms with Crippen LogP contribution in [0.2, 0.25) is 5.02 Å². The summed E-state index contributed by atoms with van der Waals surface area (Å²) in [5.74, 6) is 0.799. The minimum absolute atomic E-state index is 0.325. The summed E-state index contributed by atoms with van der Waals surface area (Å²) in [4.78, 5) is 0. The van der Waals surface area contributed by atoms with Gasteiger partial charge >= 0.3 is 0 Å². The first-order valence-electron chi connectivity index (χ1n) is 5.43. The van der Waals surface area contributed by atoms with Crippen molar-refractivity contribution in [1.29, 1.82) is 0 Å². The lowest BCUT2D eigenvalue weighted by Gasteiger charge is -2.09. The molecule has 3 heteroatoms. The van der Waals surface area contributed by atoms with E-state index in [0.29, 0.717) is 11.1 Å². The summed E-state index contributed by atoms with van der Waals surface area (Å²) in [6, 6.07) is 5.98. The van der Waals surface area contributed by atoms with Crippen molar-refractivity contribution >= 4 is 17.7 Å². The maximum Gasteiger partial charge on any atom is 0.127 e. The highest BCUT2D eigenvalue weighted by Gasteiger charge is 2.04. The van der Waals surface area contributed by atoms with Crippen LogP contribution in [0.25, 0.3) is 6.08 Å². The molecule has 0 aromatic heterocycles. The van der Waals surface area contributed by atoms with Gasteiger partial charge < -0.3 is 10.1 Å². The Balaban J connectivity index is 2.87. The molecule has 1 aromatic rings. The van der Waals surface area contributed by atoms with Crippen molar-refractivity contribution < 1.29 is 4.74 Å². The van der Waals surface area contributed by atoms with Gasteiger partial charge in [-0.2, -0.15) is 0 Å². The average Bonchev–Trinajstić information content (AvgIpc) is 2.27. The van der Waals surface area contributed by atoms with Crippen LogP contribution in [-0.2, 0) is 0 Å². The van der Waals surface area contributed by atoms with Crippen LogP contribution >= 0.6 is 11.6 Å². The van der Waals surface area contributed by atoms with Crippen LogP contribution in [0.5, 0.6) is 5.75 Å².